The molecule has 0 bridgehead atoms. The summed E-state index contributed by atoms with van der Waals surface area (Å²) in [6.07, 6.45) is 3.38. The van der Waals surface area contributed by atoms with Gasteiger partial charge >= 0.3 is 0 Å². The zero-order valence-electron chi connectivity index (χ0n) is 19.4. The van der Waals surface area contributed by atoms with Crippen LogP contribution in [0.3, 0.4) is 0 Å². The molecule has 2 aromatic heterocycles. The van der Waals surface area contributed by atoms with Crippen molar-refractivity contribution in [2.24, 2.45) is 0 Å². The molecular weight excluding hydrogens is 432 g/mol. The predicted octanol–water partition coefficient (Wildman–Crippen LogP) is 6.05. The Morgan fingerprint density at radius 3 is 2.82 bits per heavy atom. The molecule has 0 radical (unpaired) electrons. The monoisotopic (exact) mass is 462 g/mol. The van der Waals surface area contributed by atoms with Crippen molar-refractivity contribution in [3.8, 4) is 11.4 Å². The summed E-state index contributed by atoms with van der Waals surface area (Å²) in [4.78, 5) is 14.8. The summed E-state index contributed by atoms with van der Waals surface area (Å²) in [5.41, 5.74) is 4.12. The maximum Gasteiger partial charge on any atom is 0.224 e. The number of furan rings is 1. The molecule has 2 aromatic carbocycles. The Balaban J connectivity index is 1.49. The number of aromatic nitrogens is 3. The van der Waals surface area contributed by atoms with E-state index in [0.717, 1.165) is 58.5 Å². The van der Waals surface area contributed by atoms with Gasteiger partial charge in [0.25, 0.3) is 0 Å². The largest absolute Gasteiger partial charge is 0.461 e. The number of amides is 1. The smallest absolute Gasteiger partial charge is 0.224 e. The van der Waals surface area contributed by atoms with Crippen LogP contribution in [0.25, 0.3) is 22.4 Å². The Morgan fingerprint density at radius 1 is 1.21 bits per heavy atom. The molecule has 4 aromatic rings. The predicted molar refractivity (Wildman–Crippen MR) is 134 cm³/mol. The topological polar surface area (TPSA) is 67.1 Å². The van der Waals surface area contributed by atoms with E-state index in [9.17, 15) is 4.79 Å². The molecule has 0 aliphatic heterocycles. The Morgan fingerprint density at radius 2 is 2.03 bits per heavy atom. The van der Waals surface area contributed by atoms with Gasteiger partial charge in [-0.25, -0.2) is 0 Å². The summed E-state index contributed by atoms with van der Waals surface area (Å²) >= 11 is 5.43. The first-order valence-electron chi connectivity index (χ1n) is 11.4. The van der Waals surface area contributed by atoms with Crippen molar-refractivity contribution >= 4 is 29.1 Å². The lowest BCUT2D eigenvalue weighted by atomic mass is 10.1. The molecule has 0 unspecified atom stereocenters. The Labute approximate surface area is 199 Å². The van der Waals surface area contributed by atoms with Crippen LogP contribution >= 0.6 is 12.2 Å². The number of unbranched alkanes of at least 4 members (excludes halogenated alkanes) is 1. The molecule has 0 fully saturated rings. The first-order chi connectivity index (χ1) is 16.0. The van der Waals surface area contributed by atoms with Gasteiger partial charge in [0, 0.05) is 49.5 Å². The van der Waals surface area contributed by atoms with Gasteiger partial charge in [0.2, 0.25) is 5.91 Å². The van der Waals surface area contributed by atoms with Crippen molar-refractivity contribution in [2.75, 3.05) is 7.05 Å². The van der Waals surface area contributed by atoms with Gasteiger partial charge in [-0.1, -0.05) is 55.3 Å². The molecule has 172 valence electrons. The molecule has 0 saturated carbocycles. The van der Waals surface area contributed by atoms with Crippen LogP contribution in [0.2, 0.25) is 0 Å². The number of nitrogens with one attached hydrogen (secondary N) is 1. The summed E-state index contributed by atoms with van der Waals surface area (Å²) in [7, 11) is 1.85. The van der Waals surface area contributed by atoms with Crippen LogP contribution in [0, 0.1) is 11.7 Å². The summed E-state index contributed by atoms with van der Waals surface area (Å²) in [5, 5.41) is 8.35. The first kappa shape index (κ1) is 23.0. The fourth-order valence-corrected chi connectivity index (χ4v) is 4.34. The van der Waals surface area contributed by atoms with Crippen LogP contribution in [0.5, 0.6) is 0 Å². The molecule has 33 heavy (non-hydrogen) atoms. The van der Waals surface area contributed by atoms with Crippen molar-refractivity contribution in [1.82, 2.24) is 19.7 Å². The van der Waals surface area contributed by atoms with E-state index in [2.05, 4.69) is 29.3 Å². The van der Waals surface area contributed by atoms with Gasteiger partial charge in [0.1, 0.15) is 11.3 Å². The number of rotatable bonds is 9. The van der Waals surface area contributed by atoms with Crippen LogP contribution in [-0.2, 0) is 24.3 Å². The second-order valence-corrected chi connectivity index (χ2v) is 8.86. The highest BCUT2D eigenvalue weighted by Crippen LogP contribution is 2.28. The summed E-state index contributed by atoms with van der Waals surface area (Å²) in [5.74, 6) is 1.79. The number of para-hydroxylation sites is 1. The summed E-state index contributed by atoms with van der Waals surface area (Å²) in [6, 6.07) is 16.2. The van der Waals surface area contributed by atoms with Crippen LogP contribution < -0.4 is 0 Å². The van der Waals surface area contributed by atoms with E-state index in [1.165, 1.54) is 0 Å². The van der Waals surface area contributed by atoms with E-state index in [1.54, 1.807) is 4.90 Å². The van der Waals surface area contributed by atoms with Crippen LogP contribution in [0.1, 0.15) is 43.1 Å². The highest BCUT2D eigenvalue weighted by Gasteiger charge is 2.19. The fourth-order valence-electron chi connectivity index (χ4n) is 4.12. The Bertz CT molecular complexity index is 1320. The highest BCUT2D eigenvalue weighted by atomic mass is 32.1. The van der Waals surface area contributed by atoms with E-state index in [0.29, 0.717) is 24.3 Å². The number of aromatic amines is 1. The number of nitrogens with zero attached hydrogens (tertiary/aromatic N) is 3. The number of H-pyrrole nitrogens is 1. The fraction of sp³-hybridized carbons (Fsp3) is 0.346. The van der Waals surface area contributed by atoms with Crippen LogP contribution in [-0.4, -0.2) is 32.6 Å². The Kier molecular flexibility index (Phi) is 7.08. The van der Waals surface area contributed by atoms with Gasteiger partial charge in [-0.05, 0) is 37.7 Å². The molecule has 7 heteroatoms. The van der Waals surface area contributed by atoms with Gasteiger partial charge < -0.3 is 9.32 Å². The van der Waals surface area contributed by atoms with Gasteiger partial charge in [-0.15, -0.1) is 0 Å². The molecule has 0 aliphatic rings. The molecule has 1 amide bonds. The standard InChI is InChI=1S/C26H30N4O2S/c1-4-5-12-23-21(20-11-6-7-13-22(20)32-23)17-29(3)24(31)14-15-30-25(27-28-26(30)33)19-10-8-9-18(2)16-19/h6-11,13,16H,4-5,12,14-15,17H2,1-3H3,(H,28,33). The molecule has 0 saturated heterocycles. The van der Waals surface area contributed by atoms with Crippen molar-refractivity contribution in [1.29, 1.82) is 0 Å². The number of hydrogen-bond acceptors (Lipinski definition) is 4. The van der Waals surface area contributed by atoms with Crippen molar-refractivity contribution in [3.05, 3.63) is 70.2 Å². The number of fused-ring (bicyclic) bond motifs is 1. The quantitative estimate of drug-likeness (QED) is 0.307. The molecule has 0 spiro atoms. The summed E-state index contributed by atoms with van der Waals surface area (Å²) < 4.78 is 8.54. The number of aryl methyl sites for hydroxylation is 2. The van der Waals surface area contributed by atoms with E-state index in [-0.39, 0.29) is 5.91 Å². The second kappa shape index (κ2) is 10.2. The van der Waals surface area contributed by atoms with E-state index < -0.39 is 0 Å². The normalized spacial score (nSPS) is 11.2. The minimum Gasteiger partial charge on any atom is -0.461 e. The number of hydrogen-bond donors (Lipinski definition) is 1. The number of benzene rings is 2. The third-order valence-electron chi connectivity index (χ3n) is 5.94. The molecular formula is C26H30N4O2S. The third-order valence-corrected chi connectivity index (χ3v) is 6.26. The molecule has 1 N–H and O–H groups in total. The SMILES string of the molecule is CCCCc1oc2ccccc2c1CN(C)C(=O)CCn1c(-c2cccc(C)c2)n[nH]c1=S. The lowest BCUT2D eigenvalue weighted by Gasteiger charge is -2.18. The van der Waals surface area contributed by atoms with E-state index >= 15 is 0 Å². The zero-order chi connectivity index (χ0) is 23.4. The number of carbonyl (C=O) groups is 1. The molecule has 0 atom stereocenters. The Hall–Kier alpha value is -3.19. The second-order valence-electron chi connectivity index (χ2n) is 8.48. The zero-order valence-corrected chi connectivity index (χ0v) is 20.2. The van der Waals surface area contributed by atoms with Crippen molar-refractivity contribution in [2.45, 2.75) is 52.6 Å². The van der Waals surface area contributed by atoms with Gasteiger partial charge in [-0.3, -0.25) is 14.5 Å². The van der Waals surface area contributed by atoms with Crippen LogP contribution in [0.15, 0.2) is 52.9 Å². The first-order valence-corrected chi connectivity index (χ1v) is 11.8. The minimum absolute atomic E-state index is 0.0556. The van der Waals surface area contributed by atoms with Gasteiger partial charge in [0.05, 0.1) is 0 Å². The number of carbonyl (C=O) groups excluding carboxylic acids is 1. The average Bonchev–Trinajstić information content (AvgIpc) is 3.36. The lowest BCUT2D eigenvalue weighted by Crippen LogP contribution is -2.27. The minimum atomic E-state index is 0.0556. The van der Waals surface area contributed by atoms with Crippen molar-refractivity contribution in [3.63, 3.8) is 0 Å². The lowest BCUT2D eigenvalue weighted by molar-refractivity contribution is -0.130. The maximum atomic E-state index is 13.1. The van der Waals surface area contributed by atoms with Crippen LogP contribution in [0.4, 0.5) is 0 Å². The van der Waals surface area contributed by atoms with E-state index in [1.807, 2.05) is 54.9 Å². The van der Waals surface area contributed by atoms with E-state index in [4.69, 9.17) is 16.6 Å². The molecule has 2 heterocycles. The van der Waals surface area contributed by atoms with Gasteiger partial charge in [-0.2, -0.15) is 5.10 Å². The molecule has 0 aliphatic carbocycles. The highest BCUT2D eigenvalue weighted by molar-refractivity contribution is 7.71. The third kappa shape index (κ3) is 5.09. The summed E-state index contributed by atoms with van der Waals surface area (Å²) in [6.45, 7) is 5.21. The maximum absolute atomic E-state index is 13.1. The molecule has 4 rings (SSSR count). The molecule has 6 nitrogen and oxygen atoms in total. The average molecular weight is 463 g/mol. The van der Waals surface area contributed by atoms with Gasteiger partial charge in [0.15, 0.2) is 10.6 Å². The van der Waals surface area contributed by atoms with Crippen molar-refractivity contribution < 1.29 is 9.21 Å².